The van der Waals surface area contributed by atoms with Gasteiger partial charge in [-0.3, -0.25) is 4.79 Å². The minimum absolute atomic E-state index is 0.118. The summed E-state index contributed by atoms with van der Waals surface area (Å²) in [6.45, 7) is 4.75. The SMILES string of the molecule is COCCn1c(Cc2ccccc2)nnc1SCc1ccc(C(=O)N2CCN(C)CC2)cc1. The van der Waals surface area contributed by atoms with Crippen LogP contribution in [0.5, 0.6) is 0 Å². The van der Waals surface area contributed by atoms with Crippen LogP contribution in [0.2, 0.25) is 0 Å². The average Bonchev–Trinajstić information content (AvgIpc) is 3.23. The molecule has 0 aliphatic carbocycles. The molecular formula is C25H31N5O2S. The molecule has 0 spiro atoms. The van der Waals surface area contributed by atoms with E-state index in [4.69, 9.17) is 4.74 Å². The number of thioether (sulfide) groups is 1. The van der Waals surface area contributed by atoms with Crippen LogP contribution in [0.3, 0.4) is 0 Å². The standard InChI is InChI=1S/C25H31N5O2S/c1-28-12-14-29(15-13-28)24(31)22-10-8-21(9-11-22)19-33-25-27-26-23(30(25)16-17-32-2)18-20-6-4-3-5-7-20/h3-11H,12-19H2,1-2H3. The maximum atomic E-state index is 12.8. The highest BCUT2D eigenvalue weighted by atomic mass is 32.2. The largest absolute Gasteiger partial charge is 0.383 e. The van der Waals surface area contributed by atoms with Gasteiger partial charge in [-0.1, -0.05) is 54.2 Å². The Hall–Kier alpha value is -2.68. The maximum Gasteiger partial charge on any atom is 0.253 e. The van der Waals surface area contributed by atoms with Crippen molar-refractivity contribution in [3.05, 3.63) is 77.1 Å². The molecule has 0 radical (unpaired) electrons. The molecule has 0 N–H and O–H groups in total. The van der Waals surface area contributed by atoms with Crippen LogP contribution < -0.4 is 0 Å². The lowest BCUT2D eigenvalue weighted by Crippen LogP contribution is -2.47. The fourth-order valence-electron chi connectivity index (χ4n) is 3.83. The minimum atomic E-state index is 0.118. The Balaban J connectivity index is 1.39. The molecule has 2 heterocycles. The summed E-state index contributed by atoms with van der Waals surface area (Å²) < 4.78 is 7.45. The van der Waals surface area contributed by atoms with Crippen molar-refractivity contribution in [3.63, 3.8) is 0 Å². The molecule has 1 fully saturated rings. The monoisotopic (exact) mass is 465 g/mol. The Labute approximate surface area is 199 Å². The number of ether oxygens (including phenoxy) is 1. The second-order valence-corrected chi connectivity index (χ2v) is 9.23. The van der Waals surface area contributed by atoms with Crippen LogP contribution in [0.4, 0.5) is 0 Å². The number of carbonyl (C=O) groups excluding carboxylic acids is 1. The highest BCUT2D eigenvalue weighted by Crippen LogP contribution is 2.23. The van der Waals surface area contributed by atoms with Crippen molar-refractivity contribution in [1.82, 2.24) is 24.6 Å². The van der Waals surface area contributed by atoms with E-state index in [1.54, 1.807) is 18.9 Å². The van der Waals surface area contributed by atoms with Gasteiger partial charge >= 0.3 is 0 Å². The van der Waals surface area contributed by atoms with Crippen LogP contribution >= 0.6 is 11.8 Å². The third kappa shape index (κ3) is 6.22. The van der Waals surface area contributed by atoms with Crippen LogP contribution in [0.1, 0.15) is 27.3 Å². The van der Waals surface area contributed by atoms with E-state index < -0.39 is 0 Å². The third-order valence-electron chi connectivity index (χ3n) is 5.88. The number of nitrogens with zero attached hydrogens (tertiary/aromatic N) is 5. The van der Waals surface area contributed by atoms with Gasteiger partial charge in [0.05, 0.1) is 6.61 Å². The summed E-state index contributed by atoms with van der Waals surface area (Å²) in [7, 11) is 3.80. The van der Waals surface area contributed by atoms with Crippen molar-refractivity contribution in [2.45, 2.75) is 23.9 Å². The second kappa shape index (κ2) is 11.4. The number of benzene rings is 2. The average molecular weight is 466 g/mol. The predicted octanol–water partition coefficient (Wildman–Crippen LogP) is 3.20. The lowest BCUT2D eigenvalue weighted by Gasteiger charge is -2.32. The molecule has 0 atom stereocenters. The summed E-state index contributed by atoms with van der Waals surface area (Å²) in [5, 5.41) is 9.79. The molecule has 0 unspecified atom stereocenters. The van der Waals surface area contributed by atoms with Crippen molar-refractivity contribution < 1.29 is 9.53 Å². The van der Waals surface area contributed by atoms with Gasteiger partial charge in [-0.05, 0) is 30.3 Å². The first-order valence-electron chi connectivity index (χ1n) is 11.3. The van der Waals surface area contributed by atoms with Gasteiger partial charge in [0.2, 0.25) is 0 Å². The molecule has 3 aromatic rings. The molecule has 174 valence electrons. The normalized spacial score (nSPS) is 14.5. The summed E-state index contributed by atoms with van der Waals surface area (Å²) in [5.41, 5.74) is 3.11. The summed E-state index contributed by atoms with van der Waals surface area (Å²) >= 11 is 1.66. The van der Waals surface area contributed by atoms with Crippen LogP contribution in [-0.4, -0.2) is 77.4 Å². The molecule has 8 heteroatoms. The van der Waals surface area contributed by atoms with E-state index in [9.17, 15) is 4.79 Å². The highest BCUT2D eigenvalue weighted by Gasteiger charge is 2.20. The number of aromatic nitrogens is 3. The zero-order chi connectivity index (χ0) is 23.0. The number of amides is 1. The van der Waals surface area contributed by atoms with Crippen molar-refractivity contribution >= 4 is 17.7 Å². The quantitative estimate of drug-likeness (QED) is 0.452. The van der Waals surface area contributed by atoms with Crippen molar-refractivity contribution in [2.24, 2.45) is 0 Å². The fraction of sp³-hybridized carbons (Fsp3) is 0.400. The van der Waals surface area contributed by atoms with Gasteiger partial charge in [-0.2, -0.15) is 0 Å². The summed E-state index contributed by atoms with van der Waals surface area (Å²) in [6, 6.07) is 18.3. The molecule has 1 saturated heterocycles. The number of methoxy groups -OCH3 is 1. The van der Waals surface area contributed by atoms with Crippen molar-refractivity contribution in [2.75, 3.05) is 46.9 Å². The molecule has 0 saturated carbocycles. The first-order valence-corrected chi connectivity index (χ1v) is 12.3. The molecular weight excluding hydrogens is 434 g/mol. The molecule has 7 nitrogen and oxygen atoms in total. The smallest absolute Gasteiger partial charge is 0.253 e. The number of rotatable bonds is 9. The maximum absolute atomic E-state index is 12.8. The molecule has 1 aromatic heterocycles. The van der Waals surface area contributed by atoms with Gasteiger partial charge in [-0.15, -0.1) is 10.2 Å². The van der Waals surface area contributed by atoms with Gasteiger partial charge in [0, 0.05) is 57.6 Å². The van der Waals surface area contributed by atoms with Gasteiger partial charge in [0.25, 0.3) is 5.91 Å². The predicted molar refractivity (Wildman–Crippen MR) is 131 cm³/mol. The van der Waals surface area contributed by atoms with E-state index in [-0.39, 0.29) is 5.91 Å². The number of likely N-dealkylation sites (N-methyl/N-ethyl adjacent to an activating group) is 1. The van der Waals surface area contributed by atoms with E-state index in [0.717, 1.165) is 60.5 Å². The van der Waals surface area contributed by atoms with Gasteiger partial charge < -0.3 is 19.1 Å². The van der Waals surface area contributed by atoms with Crippen LogP contribution in [0.15, 0.2) is 59.8 Å². The van der Waals surface area contributed by atoms with Crippen LogP contribution in [-0.2, 0) is 23.5 Å². The first kappa shape index (κ1) is 23.5. The molecule has 2 aromatic carbocycles. The highest BCUT2D eigenvalue weighted by molar-refractivity contribution is 7.98. The summed E-state index contributed by atoms with van der Waals surface area (Å²) in [6.07, 6.45) is 0.737. The van der Waals surface area contributed by atoms with Crippen LogP contribution in [0, 0.1) is 0 Å². The Kier molecular flexibility index (Phi) is 8.15. The number of hydrogen-bond acceptors (Lipinski definition) is 6. The van der Waals surface area contributed by atoms with Crippen molar-refractivity contribution in [3.8, 4) is 0 Å². The molecule has 1 aliphatic rings. The van der Waals surface area contributed by atoms with Gasteiger partial charge in [-0.25, -0.2) is 0 Å². The zero-order valence-corrected chi connectivity index (χ0v) is 20.1. The lowest BCUT2D eigenvalue weighted by atomic mass is 10.1. The van der Waals surface area contributed by atoms with Gasteiger partial charge in [0.15, 0.2) is 5.16 Å². The molecule has 1 amide bonds. The van der Waals surface area contributed by atoms with E-state index in [2.05, 4.69) is 38.8 Å². The van der Waals surface area contributed by atoms with E-state index in [1.807, 2.05) is 47.4 Å². The second-order valence-electron chi connectivity index (χ2n) is 8.29. The van der Waals surface area contributed by atoms with Gasteiger partial charge in [0.1, 0.15) is 5.82 Å². The molecule has 0 bridgehead atoms. The van der Waals surface area contributed by atoms with E-state index in [0.29, 0.717) is 13.2 Å². The molecule has 4 rings (SSSR count). The fourth-order valence-corrected chi connectivity index (χ4v) is 4.76. The Bertz CT molecular complexity index is 1030. The minimum Gasteiger partial charge on any atom is -0.383 e. The lowest BCUT2D eigenvalue weighted by molar-refractivity contribution is 0.0664. The Morgan fingerprint density at radius 2 is 1.70 bits per heavy atom. The summed E-state index contributed by atoms with van der Waals surface area (Å²) in [5.74, 6) is 1.82. The summed E-state index contributed by atoms with van der Waals surface area (Å²) in [4.78, 5) is 17.0. The number of piperazine rings is 1. The Morgan fingerprint density at radius 3 is 2.39 bits per heavy atom. The number of carbonyl (C=O) groups is 1. The number of hydrogen-bond donors (Lipinski definition) is 0. The third-order valence-corrected chi connectivity index (χ3v) is 6.91. The molecule has 33 heavy (non-hydrogen) atoms. The molecule has 1 aliphatic heterocycles. The topological polar surface area (TPSA) is 63.5 Å². The van der Waals surface area contributed by atoms with E-state index in [1.165, 1.54) is 5.56 Å². The van der Waals surface area contributed by atoms with Crippen molar-refractivity contribution in [1.29, 1.82) is 0 Å². The van der Waals surface area contributed by atoms with Crippen LogP contribution in [0.25, 0.3) is 0 Å². The van der Waals surface area contributed by atoms with E-state index >= 15 is 0 Å². The zero-order valence-electron chi connectivity index (χ0n) is 19.3. The first-order chi connectivity index (χ1) is 16.1. The Morgan fingerprint density at radius 1 is 0.970 bits per heavy atom.